The van der Waals surface area contributed by atoms with Crippen molar-refractivity contribution < 1.29 is 23.9 Å². The molecule has 0 bridgehead atoms. The lowest BCUT2D eigenvalue weighted by Gasteiger charge is -2.30. The van der Waals surface area contributed by atoms with E-state index in [9.17, 15) is 14.4 Å². The maximum absolute atomic E-state index is 12.6. The highest BCUT2D eigenvalue weighted by Gasteiger charge is 2.28. The van der Waals surface area contributed by atoms with Crippen molar-refractivity contribution in [1.29, 1.82) is 0 Å². The van der Waals surface area contributed by atoms with Gasteiger partial charge in [0.15, 0.2) is 6.61 Å². The molecule has 0 unspecified atom stereocenters. The minimum absolute atomic E-state index is 0.154. The highest BCUT2D eigenvalue weighted by Crippen LogP contribution is 2.21. The molecular weight excluding hydrogens is 396 g/mol. The molecule has 7 heteroatoms. The molecule has 2 amide bonds. The number of carbonyl (C=O) groups is 3. The van der Waals surface area contributed by atoms with Crippen molar-refractivity contribution in [2.45, 2.75) is 26.3 Å². The summed E-state index contributed by atoms with van der Waals surface area (Å²) in [6, 6.07) is 16.5. The zero-order chi connectivity index (χ0) is 22.1. The highest BCUT2D eigenvalue weighted by atomic mass is 16.5. The van der Waals surface area contributed by atoms with Gasteiger partial charge in [0.1, 0.15) is 5.75 Å². The molecule has 0 atom stereocenters. The van der Waals surface area contributed by atoms with Crippen molar-refractivity contribution in [2.24, 2.45) is 5.92 Å². The number of piperidine rings is 1. The van der Waals surface area contributed by atoms with Gasteiger partial charge < -0.3 is 19.7 Å². The average Bonchev–Trinajstić information content (AvgIpc) is 2.82. The van der Waals surface area contributed by atoms with Crippen molar-refractivity contribution >= 4 is 17.8 Å². The van der Waals surface area contributed by atoms with E-state index in [1.165, 1.54) is 0 Å². The lowest BCUT2D eigenvalue weighted by molar-refractivity contribution is -0.151. The Morgan fingerprint density at radius 1 is 1.00 bits per heavy atom. The summed E-state index contributed by atoms with van der Waals surface area (Å²) < 4.78 is 10.8. The first kappa shape index (κ1) is 22.3. The fraction of sp³-hybridized carbons (Fsp3) is 0.375. The van der Waals surface area contributed by atoms with Crippen molar-refractivity contribution in [3.63, 3.8) is 0 Å². The summed E-state index contributed by atoms with van der Waals surface area (Å²) in [4.78, 5) is 38.7. The van der Waals surface area contributed by atoms with Gasteiger partial charge >= 0.3 is 5.97 Å². The Bertz CT molecular complexity index is 892. The number of rotatable bonds is 8. The highest BCUT2D eigenvalue weighted by molar-refractivity contribution is 5.97. The summed E-state index contributed by atoms with van der Waals surface area (Å²) in [6.07, 6.45) is 1.17. The Labute approximate surface area is 182 Å². The Kier molecular flexibility index (Phi) is 8.04. The number of carbonyl (C=O) groups excluding carboxylic acids is 3. The van der Waals surface area contributed by atoms with Crippen LogP contribution in [0.1, 0.15) is 35.7 Å². The molecule has 1 aliphatic rings. The third-order valence-corrected chi connectivity index (χ3v) is 5.25. The molecule has 1 saturated heterocycles. The van der Waals surface area contributed by atoms with Gasteiger partial charge in [0.25, 0.3) is 11.8 Å². The molecule has 1 aliphatic heterocycles. The molecule has 0 aliphatic carbocycles. The van der Waals surface area contributed by atoms with Gasteiger partial charge in [-0.3, -0.25) is 14.4 Å². The van der Waals surface area contributed by atoms with Crippen LogP contribution in [0.3, 0.4) is 0 Å². The van der Waals surface area contributed by atoms with Crippen LogP contribution in [0.25, 0.3) is 0 Å². The van der Waals surface area contributed by atoms with Crippen LogP contribution in [0.15, 0.2) is 54.6 Å². The fourth-order valence-electron chi connectivity index (χ4n) is 3.51. The predicted octanol–water partition coefficient (Wildman–Crippen LogP) is 2.80. The molecule has 0 spiro atoms. The first-order valence-corrected chi connectivity index (χ1v) is 10.6. The molecule has 0 saturated carbocycles. The van der Waals surface area contributed by atoms with Crippen LogP contribution in [0.2, 0.25) is 0 Å². The SMILES string of the molecule is CCOC(=O)C1CCN(C(=O)COc2ccccc2C(=O)NCc2ccccc2)CC1. The van der Waals surface area contributed by atoms with Crippen molar-refractivity contribution in [2.75, 3.05) is 26.3 Å². The zero-order valence-electron chi connectivity index (χ0n) is 17.7. The molecular formula is C24H28N2O5. The van der Waals surface area contributed by atoms with Crippen LogP contribution in [0.4, 0.5) is 0 Å². The lowest BCUT2D eigenvalue weighted by Crippen LogP contribution is -2.42. The number of nitrogens with one attached hydrogen (secondary N) is 1. The standard InChI is InChI=1S/C24H28N2O5/c1-2-30-24(29)19-12-14-26(15-13-19)22(27)17-31-21-11-7-6-10-20(21)23(28)25-16-18-8-4-3-5-9-18/h3-11,19H,2,12-17H2,1H3,(H,25,28). The van der Waals surface area contributed by atoms with Gasteiger partial charge in [0, 0.05) is 19.6 Å². The van der Waals surface area contributed by atoms with E-state index in [1.54, 1.807) is 36.1 Å². The van der Waals surface area contributed by atoms with Crippen LogP contribution in [0.5, 0.6) is 5.75 Å². The van der Waals surface area contributed by atoms with E-state index < -0.39 is 0 Å². The van der Waals surface area contributed by atoms with E-state index in [0.29, 0.717) is 50.4 Å². The van der Waals surface area contributed by atoms with Gasteiger partial charge in [0.05, 0.1) is 18.1 Å². The van der Waals surface area contributed by atoms with Gasteiger partial charge in [-0.2, -0.15) is 0 Å². The average molecular weight is 424 g/mol. The minimum atomic E-state index is -0.262. The maximum atomic E-state index is 12.6. The molecule has 164 valence electrons. The quantitative estimate of drug-likeness (QED) is 0.659. The smallest absolute Gasteiger partial charge is 0.309 e. The van der Waals surface area contributed by atoms with Crippen LogP contribution in [-0.4, -0.2) is 49.0 Å². The second-order valence-corrected chi connectivity index (χ2v) is 7.36. The molecule has 1 N–H and O–H groups in total. The van der Waals surface area contributed by atoms with Crippen LogP contribution >= 0.6 is 0 Å². The molecule has 1 heterocycles. The van der Waals surface area contributed by atoms with E-state index in [0.717, 1.165) is 5.56 Å². The molecule has 0 radical (unpaired) electrons. The van der Waals surface area contributed by atoms with Gasteiger partial charge in [-0.15, -0.1) is 0 Å². The largest absolute Gasteiger partial charge is 0.483 e. The number of likely N-dealkylation sites (tertiary alicyclic amines) is 1. The number of esters is 1. The van der Waals surface area contributed by atoms with Crippen LogP contribution in [-0.2, 0) is 20.9 Å². The van der Waals surface area contributed by atoms with Gasteiger partial charge in [-0.1, -0.05) is 42.5 Å². The summed E-state index contributed by atoms with van der Waals surface area (Å²) in [7, 11) is 0. The maximum Gasteiger partial charge on any atom is 0.309 e. The Morgan fingerprint density at radius 2 is 1.68 bits per heavy atom. The summed E-state index contributed by atoms with van der Waals surface area (Å²) in [6.45, 7) is 3.38. The minimum Gasteiger partial charge on any atom is -0.483 e. The number of nitrogens with zero attached hydrogens (tertiary/aromatic N) is 1. The predicted molar refractivity (Wildman–Crippen MR) is 115 cm³/mol. The number of hydrogen-bond donors (Lipinski definition) is 1. The number of benzene rings is 2. The Hall–Kier alpha value is -3.35. The topological polar surface area (TPSA) is 84.9 Å². The van der Waals surface area contributed by atoms with Gasteiger partial charge in [0.2, 0.25) is 0 Å². The van der Waals surface area contributed by atoms with Gasteiger partial charge in [-0.05, 0) is 37.5 Å². The molecule has 2 aromatic carbocycles. The van der Waals surface area contributed by atoms with Crippen molar-refractivity contribution in [1.82, 2.24) is 10.2 Å². The van der Waals surface area contributed by atoms with E-state index >= 15 is 0 Å². The second-order valence-electron chi connectivity index (χ2n) is 7.36. The van der Waals surface area contributed by atoms with E-state index in [1.807, 2.05) is 30.3 Å². The molecule has 31 heavy (non-hydrogen) atoms. The Balaban J connectivity index is 1.51. The summed E-state index contributed by atoms with van der Waals surface area (Å²) in [5.74, 6) is -0.410. The zero-order valence-corrected chi connectivity index (χ0v) is 17.7. The van der Waals surface area contributed by atoms with E-state index in [4.69, 9.17) is 9.47 Å². The summed E-state index contributed by atoms with van der Waals surface area (Å²) in [5.41, 5.74) is 1.38. The van der Waals surface area contributed by atoms with E-state index in [-0.39, 0.29) is 30.3 Å². The fourth-order valence-corrected chi connectivity index (χ4v) is 3.51. The molecule has 1 fully saturated rings. The third-order valence-electron chi connectivity index (χ3n) is 5.25. The second kappa shape index (κ2) is 11.2. The molecule has 2 aromatic rings. The molecule has 0 aromatic heterocycles. The summed E-state index contributed by atoms with van der Waals surface area (Å²) >= 11 is 0. The monoisotopic (exact) mass is 424 g/mol. The van der Waals surface area contributed by atoms with E-state index in [2.05, 4.69) is 5.32 Å². The molecule has 7 nitrogen and oxygen atoms in total. The van der Waals surface area contributed by atoms with Crippen molar-refractivity contribution in [3.8, 4) is 5.75 Å². The summed E-state index contributed by atoms with van der Waals surface area (Å²) in [5, 5.41) is 2.87. The van der Waals surface area contributed by atoms with Gasteiger partial charge in [-0.25, -0.2) is 0 Å². The van der Waals surface area contributed by atoms with Crippen LogP contribution < -0.4 is 10.1 Å². The number of hydrogen-bond acceptors (Lipinski definition) is 5. The first-order chi connectivity index (χ1) is 15.1. The first-order valence-electron chi connectivity index (χ1n) is 10.6. The van der Waals surface area contributed by atoms with Crippen molar-refractivity contribution in [3.05, 3.63) is 65.7 Å². The molecule has 3 rings (SSSR count). The van der Waals surface area contributed by atoms with Crippen LogP contribution in [0, 0.1) is 5.92 Å². The number of para-hydroxylation sites is 1. The number of amides is 2. The third kappa shape index (κ3) is 6.31. The normalized spacial score (nSPS) is 14.0. The Morgan fingerprint density at radius 3 is 2.39 bits per heavy atom. The lowest BCUT2D eigenvalue weighted by atomic mass is 9.97. The number of ether oxygens (including phenoxy) is 2.